The lowest BCUT2D eigenvalue weighted by atomic mass is 10.1. The van der Waals surface area contributed by atoms with Gasteiger partial charge >= 0.3 is 0 Å². The first-order chi connectivity index (χ1) is 15.1. The normalized spacial score (nSPS) is 13.5. The third kappa shape index (κ3) is 4.94. The predicted molar refractivity (Wildman–Crippen MR) is 121 cm³/mol. The average Bonchev–Trinajstić information content (AvgIpc) is 3.12. The van der Waals surface area contributed by atoms with Crippen molar-refractivity contribution in [3.05, 3.63) is 57.5 Å². The molecule has 1 aliphatic heterocycles. The molecule has 0 spiro atoms. The molecule has 1 amide bonds. The molecule has 0 saturated heterocycles. The number of amides is 1. The van der Waals surface area contributed by atoms with Gasteiger partial charge in [0.15, 0.2) is 5.82 Å². The predicted octanol–water partition coefficient (Wildman–Crippen LogP) is 3.54. The highest BCUT2D eigenvalue weighted by atomic mass is 35.5. The summed E-state index contributed by atoms with van der Waals surface area (Å²) in [6.45, 7) is 5.47. The van der Waals surface area contributed by atoms with Crippen LogP contribution in [0.1, 0.15) is 40.9 Å². The molecule has 0 atom stereocenters. The second-order valence-electron chi connectivity index (χ2n) is 7.54. The minimum Gasteiger partial charge on any atom is -0.492 e. The van der Waals surface area contributed by atoms with Gasteiger partial charge in [-0.2, -0.15) is 0 Å². The fourth-order valence-corrected chi connectivity index (χ4v) is 3.34. The number of hydrogen-bond acceptors (Lipinski definition) is 7. The standard InChI is InChI=1S/C22H24ClFN6O2/c1-11(25)17(26)6-7-32-19-8-14(24)4-5-15(19)22(31)30-9-16(18(27)10-30)21-28-12(2)20(23)13(3)29-21/h4-5,8,25-26H,6-7,9-10,27H2,1-3H3. The lowest BCUT2D eigenvalue weighted by Crippen LogP contribution is -2.30. The van der Waals surface area contributed by atoms with E-state index in [1.807, 2.05) is 0 Å². The molecule has 0 fully saturated rings. The Morgan fingerprint density at radius 1 is 1.25 bits per heavy atom. The van der Waals surface area contributed by atoms with E-state index < -0.39 is 5.82 Å². The number of hydrogen-bond donors (Lipinski definition) is 3. The minimum absolute atomic E-state index is 0.0432. The van der Waals surface area contributed by atoms with Crippen LogP contribution >= 0.6 is 11.6 Å². The highest BCUT2D eigenvalue weighted by molar-refractivity contribution is 6.38. The number of nitrogens with zero attached hydrogens (tertiary/aromatic N) is 3. The smallest absolute Gasteiger partial charge is 0.258 e. The van der Waals surface area contributed by atoms with Crippen molar-refractivity contribution in [1.82, 2.24) is 14.9 Å². The number of nitrogens with one attached hydrogen (secondary N) is 2. The number of carbonyl (C=O) groups excluding carboxylic acids is 1. The van der Waals surface area contributed by atoms with Crippen molar-refractivity contribution in [2.24, 2.45) is 5.73 Å². The van der Waals surface area contributed by atoms with E-state index in [1.54, 1.807) is 13.8 Å². The Balaban J connectivity index is 1.79. The zero-order valence-corrected chi connectivity index (χ0v) is 18.8. The van der Waals surface area contributed by atoms with E-state index in [9.17, 15) is 9.18 Å². The van der Waals surface area contributed by atoms with Crippen LogP contribution in [-0.2, 0) is 0 Å². The Morgan fingerprint density at radius 3 is 2.53 bits per heavy atom. The van der Waals surface area contributed by atoms with Crippen molar-refractivity contribution in [2.45, 2.75) is 27.2 Å². The molecular formula is C22H24ClFN6O2. The van der Waals surface area contributed by atoms with Gasteiger partial charge in [-0.3, -0.25) is 4.79 Å². The topological polar surface area (TPSA) is 129 Å². The Morgan fingerprint density at radius 2 is 1.91 bits per heavy atom. The van der Waals surface area contributed by atoms with Crippen molar-refractivity contribution in [3.8, 4) is 5.75 Å². The summed E-state index contributed by atoms with van der Waals surface area (Å²) in [4.78, 5) is 23.5. The summed E-state index contributed by atoms with van der Waals surface area (Å²) in [6, 6.07) is 3.69. The van der Waals surface area contributed by atoms with E-state index in [0.717, 1.165) is 6.07 Å². The highest BCUT2D eigenvalue weighted by Crippen LogP contribution is 2.28. The highest BCUT2D eigenvalue weighted by Gasteiger charge is 2.29. The molecule has 2 aromatic rings. The Bertz CT molecular complexity index is 1120. The van der Waals surface area contributed by atoms with Crippen molar-refractivity contribution >= 4 is 34.5 Å². The first kappa shape index (κ1) is 23.3. The van der Waals surface area contributed by atoms with E-state index >= 15 is 0 Å². The second-order valence-corrected chi connectivity index (χ2v) is 7.92. The van der Waals surface area contributed by atoms with Crippen molar-refractivity contribution in [1.29, 1.82) is 10.8 Å². The number of aryl methyl sites for hydroxylation is 2. The molecule has 1 aliphatic rings. The van der Waals surface area contributed by atoms with Crippen molar-refractivity contribution in [2.75, 3.05) is 19.7 Å². The van der Waals surface area contributed by atoms with Gasteiger partial charge in [0.2, 0.25) is 0 Å². The Kier molecular flexibility index (Phi) is 6.88. The quantitative estimate of drug-likeness (QED) is 0.546. The molecule has 4 N–H and O–H groups in total. The van der Waals surface area contributed by atoms with Crippen molar-refractivity contribution in [3.63, 3.8) is 0 Å². The molecule has 2 heterocycles. The number of carbonyl (C=O) groups is 1. The lowest BCUT2D eigenvalue weighted by molar-refractivity contribution is 0.0794. The zero-order chi connectivity index (χ0) is 23.6. The number of ether oxygens (including phenoxy) is 1. The number of benzene rings is 1. The number of rotatable bonds is 7. The van der Waals surface area contributed by atoms with Gasteiger partial charge in [-0.25, -0.2) is 14.4 Å². The van der Waals surface area contributed by atoms with E-state index in [-0.39, 0.29) is 54.8 Å². The summed E-state index contributed by atoms with van der Waals surface area (Å²) in [7, 11) is 0. The molecule has 1 aromatic heterocycles. The molecule has 10 heteroatoms. The fraction of sp³-hybridized carbons (Fsp3) is 0.318. The summed E-state index contributed by atoms with van der Waals surface area (Å²) in [5.74, 6) is -0.422. The van der Waals surface area contributed by atoms with Gasteiger partial charge in [-0.05, 0) is 32.9 Å². The van der Waals surface area contributed by atoms with Crippen molar-refractivity contribution < 1.29 is 13.9 Å². The molecule has 168 valence electrons. The minimum atomic E-state index is -0.546. The first-order valence-corrected chi connectivity index (χ1v) is 10.3. The van der Waals surface area contributed by atoms with Crippen LogP contribution in [0.15, 0.2) is 23.9 Å². The van der Waals surface area contributed by atoms with Crippen LogP contribution < -0.4 is 10.5 Å². The molecule has 3 rings (SSSR count). The SMILES string of the molecule is CC(=N)C(=N)CCOc1cc(F)ccc1C(=O)N1CC(N)=C(c2nc(C)c(Cl)c(C)n2)C1. The van der Waals surface area contributed by atoms with E-state index in [2.05, 4.69) is 9.97 Å². The van der Waals surface area contributed by atoms with Crippen LogP contribution in [0.3, 0.4) is 0 Å². The maximum atomic E-state index is 13.8. The van der Waals surface area contributed by atoms with E-state index in [1.165, 1.54) is 24.0 Å². The average molecular weight is 459 g/mol. The summed E-state index contributed by atoms with van der Waals surface area (Å²) in [6.07, 6.45) is 0.175. The summed E-state index contributed by atoms with van der Waals surface area (Å²) < 4.78 is 19.4. The molecule has 0 unspecified atom stereocenters. The molecule has 0 saturated carbocycles. The summed E-state index contributed by atoms with van der Waals surface area (Å²) >= 11 is 6.15. The molecule has 0 bridgehead atoms. The number of aromatic nitrogens is 2. The van der Waals surface area contributed by atoms with Gasteiger partial charge in [0.25, 0.3) is 5.91 Å². The van der Waals surface area contributed by atoms with Crippen LogP contribution in [0.5, 0.6) is 5.75 Å². The monoisotopic (exact) mass is 458 g/mol. The summed E-state index contributed by atoms with van der Waals surface area (Å²) in [5.41, 5.74) is 8.98. The van der Waals surface area contributed by atoms with Gasteiger partial charge in [0.1, 0.15) is 11.6 Å². The number of nitrogens with two attached hydrogens (primary N) is 1. The fourth-order valence-electron chi connectivity index (χ4n) is 3.26. The van der Waals surface area contributed by atoms with Gasteiger partial charge in [-0.15, -0.1) is 0 Å². The number of halogens is 2. The van der Waals surface area contributed by atoms with E-state index in [0.29, 0.717) is 33.5 Å². The zero-order valence-electron chi connectivity index (χ0n) is 18.1. The molecule has 0 radical (unpaired) electrons. The van der Waals surface area contributed by atoms with Gasteiger partial charge < -0.3 is 26.2 Å². The van der Waals surface area contributed by atoms with Gasteiger partial charge in [-0.1, -0.05) is 11.6 Å². The third-order valence-corrected chi connectivity index (χ3v) is 5.62. The summed E-state index contributed by atoms with van der Waals surface area (Å²) in [5, 5.41) is 15.6. The molecule has 0 aliphatic carbocycles. The van der Waals surface area contributed by atoms with Gasteiger partial charge in [0.05, 0.1) is 47.4 Å². The Hall–Kier alpha value is -3.33. The van der Waals surface area contributed by atoms with Crippen LogP contribution in [0.25, 0.3) is 5.57 Å². The maximum absolute atomic E-state index is 13.8. The third-order valence-electron chi connectivity index (χ3n) is 5.07. The van der Waals surface area contributed by atoms with Gasteiger partial charge in [0, 0.05) is 29.5 Å². The maximum Gasteiger partial charge on any atom is 0.258 e. The van der Waals surface area contributed by atoms with Crippen LogP contribution in [0.2, 0.25) is 5.02 Å². The molecule has 8 nitrogen and oxygen atoms in total. The van der Waals surface area contributed by atoms with Crippen LogP contribution in [0, 0.1) is 30.5 Å². The lowest BCUT2D eigenvalue weighted by Gasteiger charge is -2.19. The molecule has 32 heavy (non-hydrogen) atoms. The largest absolute Gasteiger partial charge is 0.492 e. The molecule has 1 aromatic carbocycles. The Labute approximate surface area is 190 Å². The second kappa shape index (κ2) is 9.44. The van der Waals surface area contributed by atoms with E-state index in [4.69, 9.17) is 32.9 Å². The van der Waals surface area contributed by atoms with Crippen LogP contribution in [-0.4, -0.2) is 51.9 Å². The molecular weight excluding hydrogens is 435 g/mol. The van der Waals surface area contributed by atoms with Crippen LogP contribution in [0.4, 0.5) is 4.39 Å². The first-order valence-electron chi connectivity index (χ1n) is 9.91.